The number of hydrogen-bond donors (Lipinski definition) is 2. The van der Waals surface area contributed by atoms with Gasteiger partial charge in [-0.05, 0) is 32.4 Å². The standard InChI is InChI=1S/C15H23N3/c1-11(2)7-9-18-10-8-17-15-13(12(18)3)5-4-6-14(15)16/h4-7,12,17H,8-10,16H2,1-3H3. The Bertz CT molecular complexity index is 447. The summed E-state index contributed by atoms with van der Waals surface area (Å²) in [5, 5.41) is 3.45. The smallest absolute Gasteiger partial charge is 0.0622 e. The minimum atomic E-state index is 0.397. The van der Waals surface area contributed by atoms with Gasteiger partial charge >= 0.3 is 0 Å². The van der Waals surface area contributed by atoms with Crippen LogP contribution in [-0.2, 0) is 0 Å². The Kier molecular flexibility index (Phi) is 3.92. The molecule has 3 nitrogen and oxygen atoms in total. The van der Waals surface area contributed by atoms with Gasteiger partial charge in [-0.25, -0.2) is 0 Å². The lowest BCUT2D eigenvalue weighted by atomic mass is 10.0. The first kappa shape index (κ1) is 13.0. The molecule has 1 aromatic rings. The number of benzene rings is 1. The maximum Gasteiger partial charge on any atom is 0.0622 e. The first-order valence-corrected chi connectivity index (χ1v) is 6.59. The predicted octanol–water partition coefficient (Wildman–Crippen LogP) is 3.02. The fraction of sp³-hybridized carbons (Fsp3) is 0.467. The van der Waals surface area contributed by atoms with Gasteiger partial charge in [-0.3, -0.25) is 4.90 Å². The highest BCUT2D eigenvalue weighted by Crippen LogP contribution is 2.33. The lowest BCUT2D eigenvalue weighted by Gasteiger charge is -2.26. The van der Waals surface area contributed by atoms with Gasteiger partial charge in [-0.1, -0.05) is 23.8 Å². The molecule has 0 bridgehead atoms. The summed E-state index contributed by atoms with van der Waals surface area (Å²) in [6.07, 6.45) is 2.29. The molecule has 3 heteroatoms. The molecule has 0 saturated carbocycles. The van der Waals surface area contributed by atoms with Gasteiger partial charge < -0.3 is 11.1 Å². The molecule has 0 amide bonds. The zero-order valence-electron chi connectivity index (χ0n) is 11.5. The van der Waals surface area contributed by atoms with E-state index in [1.165, 1.54) is 11.1 Å². The molecular formula is C15H23N3. The Morgan fingerprint density at radius 2 is 2.28 bits per heavy atom. The van der Waals surface area contributed by atoms with Crippen molar-refractivity contribution in [2.75, 3.05) is 30.7 Å². The van der Waals surface area contributed by atoms with Crippen LogP contribution in [0.4, 0.5) is 11.4 Å². The maximum atomic E-state index is 6.05. The molecule has 2 rings (SSSR count). The molecule has 0 radical (unpaired) electrons. The lowest BCUT2D eigenvalue weighted by Crippen LogP contribution is -2.29. The highest BCUT2D eigenvalue weighted by Gasteiger charge is 2.21. The van der Waals surface area contributed by atoms with Gasteiger partial charge in [0.1, 0.15) is 0 Å². The maximum absolute atomic E-state index is 6.05. The first-order chi connectivity index (χ1) is 8.59. The summed E-state index contributed by atoms with van der Waals surface area (Å²) in [4.78, 5) is 2.48. The van der Waals surface area contributed by atoms with Crippen molar-refractivity contribution in [1.82, 2.24) is 4.90 Å². The van der Waals surface area contributed by atoms with Crippen molar-refractivity contribution in [2.45, 2.75) is 26.8 Å². The third-order valence-electron chi connectivity index (χ3n) is 3.56. The second kappa shape index (κ2) is 5.44. The van der Waals surface area contributed by atoms with Gasteiger partial charge in [-0.2, -0.15) is 0 Å². The van der Waals surface area contributed by atoms with Gasteiger partial charge in [0, 0.05) is 25.7 Å². The molecule has 1 unspecified atom stereocenters. The SMILES string of the molecule is CC(C)=CCN1CCNc2c(N)cccc2C1C. The molecule has 0 aromatic heterocycles. The lowest BCUT2D eigenvalue weighted by molar-refractivity contribution is 0.248. The van der Waals surface area contributed by atoms with Crippen LogP contribution in [0.2, 0.25) is 0 Å². The largest absolute Gasteiger partial charge is 0.397 e. The fourth-order valence-corrected chi connectivity index (χ4v) is 2.41. The van der Waals surface area contributed by atoms with Crippen molar-refractivity contribution in [3.8, 4) is 0 Å². The van der Waals surface area contributed by atoms with Crippen molar-refractivity contribution in [2.24, 2.45) is 0 Å². The average Bonchev–Trinajstić information content (AvgIpc) is 2.48. The van der Waals surface area contributed by atoms with E-state index < -0.39 is 0 Å². The number of hydrogen-bond acceptors (Lipinski definition) is 3. The molecule has 0 saturated heterocycles. The van der Waals surface area contributed by atoms with E-state index in [0.717, 1.165) is 31.0 Å². The topological polar surface area (TPSA) is 41.3 Å². The highest BCUT2D eigenvalue weighted by molar-refractivity contribution is 5.71. The number of para-hydroxylation sites is 1. The third kappa shape index (κ3) is 2.67. The predicted molar refractivity (Wildman–Crippen MR) is 78.8 cm³/mol. The van der Waals surface area contributed by atoms with E-state index in [9.17, 15) is 0 Å². The van der Waals surface area contributed by atoms with E-state index in [2.05, 4.69) is 43.1 Å². The first-order valence-electron chi connectivity index (χ1n) is 6.59. The monoisotopic (exact) mass is 245 g/mol. The molecule has 1 heterocycles. The van der Waals surface area contributed by atoms with Crippen molar-refractivity contribution in [1.29, 1.82) is 0 Å². The van der Waals surface area contributed by atoms with E-state index in [-0.39, 0.29) is 0 Å². The van der Waals surface area contributed by atoms with Crippen LogP contribution < -0.4 is 11.1 Å². The van der Waals surface area contributed by atoms with E-state index in [1.54, 1.807) is 0 Å². The van der Waals surface area contributed by atoms with Crippen LogP contribution in [0.25, 0.3) is 0 Å². The summed E-state index contributed by atoms with van der Waals surface area (Å²) in [5.41, 5.74) is 10.7. The molecule has 98 valence electrons. The number of nitrogens with one attached hydrogen (secondary N) is 1. The summed E-state index contributed by atoms with van der Waals surface area (Å²) >= 11 is 0. The molecule has 1 aromatic carbocycles. The number of rotatable bonds is 2. The Hall–Kier alpha value is -1.48. The molecule has 0 fully saturated rings. The van der Waals surface area contributed by atoms with Gasteiger partial charge in [0.2, 0.25) is 0 Å². The minimum absolute atomic E-state index is 0.397. The molecule has 1 aliphatic heterocycles. The molecule has 1 aliphatic rings. The van der Waals surface area contributed by atoms with E-state index in [1.807, 2.05) is 12.1 Å². The van der Waals surface area contributed by atoms with Gasteiger partial charge in [-0.15, -0.1) is 0 Å². The van der Waals surface area contributed by atoms with Crippen molar-refractivity contribution >= 4 is 11.4 Å². The van der Waals surface area contributed by atoms with Crippen LogP contribution in [0.1, 0.15) is 32.4 Å². The van der Waals surface area contributed by atoms with Crippen molar-refractivity contribution in [3.05, 3.63) is 35.4 Å². The van der Waals surface area contributed by atoms with Crippen LogP contribution in [0, 0.1) is 0 Å². The number of fused-ring (bicyclic) bond motifs is 1. The van der Waals surface area contributed by atoms with Crippen LogP contribution >= 0.6 is 0 Å². The third-order valence-corrected chi connectivity index (χ3v) is 3.56. The van der Waals surface area contributed by atoms with Crippen LogP contribution in [0.15, 0.2) is 29.8 Å². The molecule has 3 N–H and O–H groups in total. The summed E-state index contributed by atoms with van der Waals surface area (Å²) in [6.45, 7) is 9.53. The number of allylic oxidation sites excluding steroid dienone is 1. The second-order valence-corrected chi connectivity index (χ2v) is 5.19. The number of nitrogens with two attached hydrogens (primary N) is 1. The number of nitrogens with zero attached hydrogens (tertiary/aromatic N) is 1. The highest BCUT2D eigenvalue weighted by atomic mass is 15.2. The van der Waals surface area contributed by atoms with Gasteiger partial charge in [0.15, 0.2) is 0 Å². The Morgan fingerprint density at radius 1 is 1.50 bits per heavy atom. The van der Waals surface area contributed by atoms with Crippen LogP contribution in [-0.4, -0.2) is 24.5 Å². The summed E-state index contributed by atoms with van der Waals surface area (Å²) in [5.74, 6) is 0. The zero-order valence-corrected chi connectivity index (χ0v) is 11.5. The summed E-state index contributed by atoms with van der Waals surface area (Å²) in [7, 11) is 0. The quantitative estimate of drug-likeness (QED) is 0.621. The van der Waals surface area contributed by atoms with Crippen molar-refractivity contribution < 1.29 is 0 Å². The Morgan fingerprint density at radius 3 is 3.00 bits per heavy atom. The van der Waals surface area contributed by atoms with Gasteiger partial charge in [0.05, 0.1) is 11.4 Å². The minimum Gasteiger partial charge on any atom is -0.397 e. The second-order valence-electron chi connectivity index (χ2n) is 5.19. The number of anilines is 2. The summed E-state index contributed by atoms with van der Waals surface area (Å²) in [6, 6.07) is 6.57. The normalized spacial score (nSPS) is 19.6. The van der Waals surface area contributed by atoms with Gasteiger partial charge in [0.25, 0.3) is 0 Å². The van der Waals surface area contributed by atoms with Crippen LogP contribution in [0.3, 0.4) is 0 Å². The van der Waals surface area contributed by atoms with E-state index in [4.69, 9.17) is 5.73 Å². The van der Waals surface area contributed by atoms with E-state index >= 15 is 0 Å². The van der Waals surface area contributed by atoms with Crippen LogP contribution in [0.5, 0.6) is 0 Å². The zero-order chi connectivity index (χ0) is 13.1. The fourth-order valence-electron chi connectivity index (χ4n) is 2.41. The molecule has 1 atom stereocenters. The van der Waals surface area contributed by atoms with Crippen molar-refractivity contribution in [3.63, 3.8) is 0 Å². The Labute approximate surface area is 110 Å². The van der Waals surface area contributed by atoms with E-state index in [0.29, 0.717) is 6.04 Å². The molecule has 0 spiro atoms. The average molecular weight is 245 g/mol. The molecule has 0 aliphatic carbocycles. The molecular weight excluding hydrogens is 222 g/mol. The number of nitrogen functional groups attached to an aromatic ring is 1. The Balaban J connectivity index is 2.26. The molecule has 18 heavy (non-hydrogen) atoms. The summed E-state index contributed by atoms with van der Waals surface area (Å²) < 4.78 is 0.